The molecule has 0 saturated carbocycles. The molecular formula is C21H21ClN4O2S. The van der Waals surface area contributed by atoms with Gasteiger partial charge < -0.3 is 14.7 Å². The molecule has 1 aliphatic heterocycles. The van der Waals surface area contributed by atoms with Gasteiger partial charge in [-0.3, -0.25) is 10.2 Å². The molecule has 3 heterocycles. The molecule has 0 radical (unpaired) electrons. The average molecular weight is 429 g/mol. The highest BCUT2D eigenvalue weighted by Crippen LogP contribution is 2.25. The van der Waals surface area contributed by atoms with Gasteiger partial charge in [-0.1, -0.05) is 41.0 Å². The Labute approximate surface area is 178 Å². The first kappa shape index (κ1) is 19.7. The lowest BCUT2D eigenvalue weighted by Gasteiger charge is -2.18. The minimum atomic E-state index is -0.327. The number of amides is 1. The highest BCUT2D eigenvalue weighted by atomic mass is 35.5. The van der Waals surface area contributed by atoms with Crippen LogP contribution in [0.3, 0.4) is 0 Å². The van der Waals surface area contributed by atoms with Gasteiger partial charge in [-0.2, -0.15) is 0 Å². The van der Waals surface area contributed by atoms with Crippen molar-refractivity contribution in [1.82, 2.24) is 15.4 Å². The third kappa shape index (κ3) is 4.36. The smallest absolute Gasteiger partial charge is 0.261 e. The lowest BCUT2D eigenvalue weighted by atomic mass is 10.1. The molecule has 2 aromatic heterocycles. The summed E-state index contributed by atoms with van der Waals surface area (Å²) >= 11 is 7.12. The SMILES string of the molecule is C[C@H](NC(=O)c1ccc(Cl)s1)c1cc(-c2ccc(C(=N)N3CCCC3)cc2)no1. The van der Waals surface area contributed by atoms with Crippen molar-refractivity contribution in [2.75, 3.05) is 13.1 Å². The van der Waals surface area contributed by atoms with Crippen LogP contribution in [-0.2, 0) is 0 Å². The Balaban J connectivity index is 1.42. The number of amidine groups is 1. The first-order valence-electron chi connectivity index (χ1n) is 9.48. The molecule has 1 saturated heterocycles. The predicted octanol–water partition coefficient (Wildman–Crippen LogP) is 4.97. The van der Waals surface area contributed by atoms with E-state index < -0.39 is 0 Å². The first-order chi connectivity index (χ1) is 14.0. The maximum absolute atomic E-state index is 12.3. The van der Waals surface area contributed by atoms with E-state index in [0.29, 0.717) is 26.5 Å². The number of hydrogen-bond donors (Lipinski definition) is 2. The molecule has 1 aromatic carbocycles. The molecule has 4 rings (SSSR count). The molecular weight excluding hydrogens is 408 g/mol. The number of carbonyl (C=O) groups is 1. The molecule has 1 aliphatic rings. The van der Waals surface area contributed by atoms with Crippen LogP contribution < -0.4 is 5.32 Å². The molecule has 0 unspecified atom stereocenters. The molecule has 8 heteroatoms. The zero-order valence-corrected chi connectivity index (χ0v) is 17.5. The minimum absolute atomic E-state index is 0.197. The van der Waals surface area contributed by atoms with Crippen molar-refractivity contribution in [3.8, 4) is 11.3 Å². The topological polar surface area (TPSA) is 82.2 Å². The van der Waals surface area contributed by atoms with E-state index >= 15 is 0 Å². The van der Waals surface area contributed by atoms with E-state index in [1.54, 1.807) is 12.1 Å². The first-order valence-corrected chi connectivity index (χ1v) is 10.7. The maximum Gasteiger partial charge on any atom is 0.261 e. The quantitative estimate of drug-likeness (QED) is 0.444. The fourth-order valence-electron chi connectivity index (χ4n) is 3.33. The Hall–Kier alpha value is -2.64. The van der Waals surface area contributed by atoms with Crippen LogP contribution in [0.15, 0.2) is 47.0 Å². The van der Waals surface area contributed by atoms with Crippen molar-refractivity contribution < 1.29 is 9.32 Å². The molecule has 0 spiro atoms. The van der Waals surface area contributed by atoms with Gasteiger partial charge in [-0.05, 0) is 31.9 Å². The van der Waals surface area contributed by atoms with E-state index in [9.17, 15) is 4.79 Å². The Bertz CT molecular complexity index is 1020. The Morgan fingerprint density at radius 2 is 1.97 bits per heavy atom. The molecule has 150 valence electrons. The molecule has 2 N–H and O–H groups in total. The van der Waals surface area contributed by atoms with Crippen LogP contribution in [0, 0.1) is 5.41 Å². The Morgan fingerprint density at radius 1 is 1.24 bits per heavy atom. The number of aromatic nitrogens is 1. The van der Waals surface area contributed by atoms with Crippen LogP contribution in [-0.4, -0.2) is 34.9 Å². The summed E-state index contributed by atoms with van der Waals surface area (Å²) in [7, 11) is 0. The molecule has 6 nitrogen and oxygen atoms in total. The third-order valence-electron chi connectivity index (χ3n) is 4.98. The van der Waals surface area contributed by atoms with Crippen LogP contribution in [0.2, 0.25) is 4.34 Å². The highest BCUT2D eigenvalue weighted by molar-refractivity contribution is 7.18. The van der Waals surface area contributed by atoms with Crippen LogP contribution in [0.5, 0.6) is 0 Å². The predicted molar refractivity (Wildman–Crippen MR) is 115 cm³/mol. The Kier molecular flexibility index (Phi) is 5.69. The minimum Gasteiger partial charge on any atom is -0.359 e. The normalized spacial score (nSPS) is 14.8. The zero-order chi connectivity index (χ0) is 20.4. The molecule has 1 amide bonds. The van der Waals surface area contributed by atoms with E-state index in [1.165, 1.54) is 11.3 Å². The van der Waals surface area contributed by atoms with Gasteiger partial charge >= 0.3 is 0 Å². The number of likely N-dealkylation sites (tertiary alicyclic amines) is 1. The highest BCUT2D eigenvalue weighted by Gasteiger charge is 2.19. The van der Waals surface area contributed by atoms with Crippen molar-refractivity contribution in [2.24, 2.45) is 0 Å². The summed E-state index contributed by atoms with van der Waals surface area (Å²) in [6.07, 6.45) is 2.30. The number of thiophene rings is 1. The molecule has 0 bridgehead atoms. The number of carbonyl (C=O) groups excluding carboxylic acids is 1. The third-order valence-corrected chi connectivity index (χ3v) is 6.21. The van der Waals surface area contributed by atoms with E-state index in [2.05, 4.69) is 15.4 Å². The number of halogens is 1. The summed E-state index contributed by atoms with van der Waals surface area (Å²) in [6.45, 7) is 3.75. The fourth-order valence-corrected chi connectivity index (χ4v) is 4.27. The molecule has 3 aromatic rings. The number of nitrogens with one attached hydrogen (secondary N) is 2. The van der Waals surface area contributed by atoms with Gasteiger partial charge in [0.15, 0.2) is 5.76 Å². The van der Waals surface area contributed by atoms with Crippen molar-refractivity contribution >= 4 is 34.7 Å². The molecule has 1 fully saturated rings. The molecule has 0 aliphatic carbocycles. The van der Waals surface area contributed by atoms with E-state index in [-0.39, 0.29) is 11.9 Å². The van der Waals surface area contributed by atoms with Gasteiger partial charge in [0.1, 0.15) is 11.5 Å². The number of nitrogens with zero attached hydrogens (tertiary/aromatic N) is 2. The fraction of sp³-hybridized carbons (Fsp3) is 0.286. The number of benzene rings is 1. The average Bonchev–Trinajstić information content (AvgIpc) is 3.48. The van der Waals surface area contributed by atoms with E-state index in [0.717, 1.165) is 37.1 Å². The number of hydrogen-bond acceptors (Lipinski definition) is 5. The van der Waals surface area contributed by atoms with Gasteiger partial charge in [-0.15, -0.1) is 11.3 Å². The number of rotatable bonds is 5. The van der Waals surface area contributed by atoms with Crippen molar-refractivity contribution in [2.45, 2.75) is 25.8 Å². The summed E-state index contributed by atoms with van der Waals surface area (Å²) < 4.78 is 6.02. The second-order valence-corrected chi connectivity index (χ2v) is 8.75. The standard InChI is InChI=1S/C21H21ClN4O2S/c1-13(24-21(27)18-8-9-19(22)29-18)17-12-16(25-28-17)14-4-6-15(7-5-14)20(23)26-10-2-3-11-26/h4-9,12-13,23H,2-3,10-11H2,1H3,(H,24,27)/t13-/m0/s1. The van der Waals surface area contributed by atoms with E-state index in [1.807, 2.05) is 37.3 Å². The second kappa shape index (κ2) is 8.39. The molecule has 1 atom stereocenters. The van der Waals surface area contributed by atoms with Gasteiger partial charge in [0, 0.05) is 30.3 Å². The largest absolute Gasteiger partial charge is 0.359 e. The lowest BCUT2D eigenvalue weighted by molar-refractivity contribution is 0.0938. The zero-order valence-electron chi connectivity index (χ0n) is 15.9. The molecule has 29 heavy (non-hydrogen) atoms. The van der Waals surface area contributed by atoms with Gasteiger partial charge in [0.05, 0.1) is 15.3 Å². The summed E-state index contributed by atoms with van der Waals surface area (Å²) in [5.41, 5.74) is 2.50. The summed E-state index contributed by atoms with van der Waals surface area (Å²) in [4.78, 5) is 14.9. The summed E-state index contributed by atoms with van der Waals surface area (Å²) in [6, 6.07) is 12.7. The maximum atomic E-state index is 12.3. The van der Waals surface area contributed by atoms with Crippen molar-refractivity contribution in [3.05, 3.63) is 63.0 Å². The van der Waals surface area contributed by atoms with Crippen LogP contribution >= 0.6 is 22.9 Å². The van der Waals surface area contributed by atoms with Gasteiger partial charge in [0.25, 0.3) is 5.91 Å². The van der Waals surface area contributed by atoms with Crippen LogP contribution in [0.25, 0.3) is 11.3 Å². The summed E-state index contributed by atoms with van der Waals surface area (Å²) in [5, 5.41) is 15.4. The lowest BCUT2D eigenvalue weighted by Crippen LogP contribution is -2.27. The van der Waals surface area contributed by atoms with Gasteiger partial charge in [-0.25, -0.2) is 0 Å². The van der Waals surface area contributed by atoms with E-state index in [4.69, 9.17) is 21.5 Å². The Morgan fingerprint density at radius 3 is 2.62 bits per heavy atom. The van der Waals surface area contributed by atoms with Gasteiger partial charge in [0.2, 0.25) is 0 Å². The van der Waals surface area contributed by atoms with Crippen molar-refractivity contribution in [1.29, 1.82) is 5.41 Å². The second-order valence-electron chi connectivity index (χ2n) is 7.03. The van der Waals surface area contributed by atoms with Crippen molar-refractivity contribution in [3.63, 3.8) is 0 Å². The van der Waals surface area contributed by atoms with Crippen LogP contribution in [0.1, 0.15) is 46.8 Å². The van der Waals surface area contributed by atoms with Crippen LogP contribution in [0.4, 0.5) is 0 Å². The summed E-state index contributed by atoms with van der Waals surface area (Å²) in [5.74, 6) is 0.946. The monoisotopic (exact) mass is 428 g/mol.